The van der Waals surface area contributed by atoms with E-state index < -0.39 is 22.0 Å². The van der Waals surface area contributed by atoms with Gasteiger partial charge in [0, 0.05) is 25.2 Å². The van der Waals surface area contributed by atoms with Crippen molar-refractivity contribution in [1.82, 2.24) is 9.62 Å². The standard InChI is InChI=1S/C17H20N2O6S.ClH/c1-23-14-6-4-3-5-12(14)13-11-18-9-10-19(13)26(21,22)16-8-7-15(25-16)17(20)24-2;/h3-8,13,18H,9-11H2,1-2H3;1H. The Kier molecular flexibility index (Phi) is 6.88. The highest BCUT2D eigenvalue weighted by molar-refractivity contribution is 7.89. The highest BCUT2D eigenvalue weighted by Crippen LogP contribution is 2.34. The van der Waals surface area contributed by atoms with Crippen molar-refractivity contribution in [2.24, 2.45) is 0 Å². The number of carbonyl (C=O) groups excluding carboxylic acids is 1. The molecule has 8 nitrogen and oxygen atoms in total. The fourth-order valence-corrected chi connectivity index (χ4v) is 4.49. The van der Waals surface area contributed by atoms with E-state index in [1.165, 1.54) is 23.5 Å². The Morgan fingerprint density at radius 2 is 1.96 bits per heavy atom. The van der Waals surface area contributed by atoms with Crippen molar-refractivity contribution in [3.05, 3.63) is 47.7 Å². The minimum Gasteiger partial charge on any atom is -0.496 e. The van der Waals surface area contributed by atoms with E-state index in [4.69, 9.17) is 9.15 Å². The summed E-state index contributed by atoms with van der Waals surface area (Å²) in [5.74, 6) is -0.279. The largest absolute Gasteiger partial charge is 0.496 e. The number of carbonyl (C=O) groups is 1. The van der Waals surface area contributed by atoms with Crippen molar-refractivity contribution in [2.75, 3.05) is 33.9 Å². The fourth-order valence-electron chi connectivity index (χ4n) is 2.96. The van der Waals surface area contributed by atoms with E-state index in [1.807, 2.05) is 18.2 Å². The first-order valence-corrected chi connectivity index (χ1v) is 9.46. The lowest BCUT2D eigenvalue weighted by atomic mass is 10.0. The first-order valence-electron chi connectivity index (χ1n) is 8.02. The Morgan fingerprint density at radius 1 is 1.22 bits per heavy atom. The van der Waals surface area contributed by atoms with Gasteiger partial charge in [-0.05, 0) is 18.2 Å². The summed E-state index contributed by atoms with van der Waals surface area (Å²) in [7, 11) is -1.20. The minimum atomic E-state index is -3.94. The first-order chi connectivity index (χ1) is 12.5. The molecule has 1 N–H and O–H groups in total. The molecule has 0 amide bonds. The molecule has 2 heterocycles. The molecule has 3 rings (SSSR count). The highest BCUT2D eigenvalue weighted by Gasteiger charge is 2.37. The SMILES string of the molecule is COC(=O)c1ccc(S(=O)(=O)N2CCNCC2c2ccccc2OC)o1.Cl. The number of benzene rings is 1. The number of ether oxygens (including phenoxy) is 2. The topological polar surface area (TPSA) is 98.1 Å². The number of hydrogen-bond acceptors (Lipinski definition) is 7. The zero-order chi connectivity index (χ0) is 18.7. The van der Waals surface area contributed by atoms with Gasteiger partial charge in [0.05, 0.1) is 20.3 Å². The number of halogens is 1. The third-order valence-corrected chi connectivity index (χ3v) is 6.01. The highest BCUT2D eigenvalue weighted by atomic mass is 35.5. The van der Waals surface area contributed by atoms with Crippen LogP contribution in [0.2, 0.25) is 0 Å². The molecule has 1 aliphatic heterocycles. The third-order valence-electron chi connectivity index (χ3n) is 4.22. The van der Waals surface area contributed by atoms with Gasteiger partial charge in [0.15, 0.2) is 0 Å². The number of nitrogens with one attached hydrogen (secondary N) is 1. The molecule has 1 atom stereocenters. The van der Waals surface area contributed by atoms with E-state index in [0.29, 0.717) is 18.8 Å². The number of hydrogen-bond donors (Lipinski definition) is 1. The van der Waals surface area contributed by atoms with Gasteiger partial charge in [0.2, 0.25) is 10.9 Å². The molecule has 0 bridgehead atoms. The molecule has 0 radical (unpaired) electrons. The number of piperazine rings is 1. The van der Waals surface area contributed by atoms with Crippen molar-refractivity contribution in [2.45, 2.75) is 11.1 Å². The Morgan fingerprint density at radius 3 is 2.67 bits per heavy atom. The summed E-state index contributed by atoms with van der Waals surface area (Å²) in [5, 5.41) is 2.91. The number of para-hydroxylation sites is 1. The number of rotatable bonds is 5. The van der Waals surface area contributed by atoms with Crippen molar-refractivity contribution in [3.63, 3.8) is 0 Å². The summed E-state index contributed by atoms with van der Waals surface area (Å²) < 4.78 is 42.8. The fraction of sp³-hybridized carbons (Fsp3) is 0.353. The normalized spacial score (nSPS) is 17.8. The van der Waals surface area contributed by atoms with Gasteiger partial charge in [0.1, 0.15) is 5.75 Å². The molecule has 1 fully saturated rings. The Labute approximate surface area is 163 Å². The number of methoxy groups -OCH3 is 2. The van der Waals surface area contributed by atoms with Crippen molar-refractivity contribution in [3.8, 4) is 5.75 Å². The molecular formula is C17H21ClN2O6S. The maximum atomic E-state index is 13.1. The van der Waals surface area contributed by atoms with Gasteiger partial charge in [-0.3, -0.25) is 0 Å². The quantitative estimate of drug-likeness (QED) is 0.742. The zero-order valence-corrected chi connectivity index (χ0v) is 16.5. The van der Waals surface area contributed by atoms with Crippen LogP contribution in [0, 0.1) is 0 Å². The summed E-state index contributed by atoms with van der Waals surface area (Å²) in [4.78, 5) is 11.5. The van der Waals surface area contributed by atoms with Crippen LogP contribution in [0.1, 0.15) is 22.2 Å². The minimum absolute atomic E-state index is 0. The van der Waals surface area contributed by atoms with Gasteiger partial charge >= 0.3 is 5.97 Å². The molecule has 1 saturated heterocycles. The first kappa shape index (κ1) is 21.2. The van der Waals surface area contributed by atoms with Crippen LogP contribution in [0.3, 0.4) is 0 Å². The van der Waals surface area contributed by atoms with Crippen LogP contribution in [-0.4, -0.2) is 52.5 Å². The summed E-state index contributed by atoms with van der Waals surface area (Å²) >= 11 is 0. The average molecular weight is 417 g/mol. The zero-order valence-electron chi connectivity index (χ0n) is 14.9. The van der Waals surface area contributed by atoms with Crippen LogP contribution in [0.5, 0.6) is 5.75 Å². The lowest BCUT2D eigenvalue weighted by Crippen LogP contribution is -2.48. The molecular weight excluding hydrogens is 396 g/mol. The maximum Gasteiger partial charge on any atom is 0.374 e. The van der Waals surface area contributed by atoms with Gasteiger partial charge in [0.25, 0.3) is 10.0 Å². The summed E-state index contributed by atoms with van der Waals surface area (Å²) in [6.45, 7) is 1.21. The smallest absolute Gasteiger partial charge is 0.374 e. The molecule has 0 spiro atoms. The van der Waals surface area contributed by atoms with Crippen molar-refractivity contribution >= 4 is 28.4 Å². The van der Waals surface area contributed by atoms with Gasteiger partial charge < -0.3 is 19.2 Å². The van der Waals surface area contributed by atoms with Crippen LogP contribution in [0.15, 0.2) is 45.9 Å². The molecule has 0 aliphatic carbocycles. The number of furan rings is 1. The maximum absolute atomic E-state index is 13.1. The Bertz CT molecular complexity index is 898. The van der Waals surface area contributed by atoms with E-state index in [0.717, 1.165) is 5.56 Å². The van der Waals surface area contributed by atoms with Crippen molar-refractivity contribution < 1.29 is 27.1 Å². The van der Waals surface area contributed by atoms with Crippen LogP contribution in [0.25, 0.3) is 0 Å². The molecule has 2 aromatic rings. The molecule has 1 aromatic carbocycles. The van der Waals surface area contributed by atoms with E-state index in [1.54, 1.807) is 13.2 Å². The number of sulfonamides is 1. The Balaban J connectivity index is 0.00000261. The number of nitrogens with zero attached hydrogens (tertiary/aromatic N) is 1. The molecule has 27 heavy (non-hydrogen) atoms. The van der Waals surface area contributed by atoms with Gasteiger partial charge in [-0.2, -0.15) is 4.31 Å². The van der Waals surface area contributed by atoms with Crippen LogP contribution < -0.4 is 10.1 Å². The molecule has 10 heteroatoms. The van der Waals surface area contributed by atoms with Crippen LogP contribution in [0.4, 0.5) is 0 Å². The summed E-state index contributed by atoms with van der Waals surface area (Å²) in [6.07, 6.45) is 0. The second-order valence-corrected chi connectivity index (χ2v) is 7.51. The van der Waals surface area contributed by atoms with E-state index in [2.05, 4.69) is 10.1 Å². The van der Waals surface area contributed by atoms with E-state index in [-0.39, 0.29) is 29.8 Å². The third kappa shape index (κ3) is 4.11. The van der Waals surface area contributed by atoms with Gasteiger partial charge in [-0.1, -0.05) is 18.2 Å². The molecule has 148 valence electrons. The molecule has 1 aliphatic rings. The van der Waals surface area contributed by atoms with E-state index >= 15 is 0 Å². The van der Waals surface area contributed by atoms with Crippen molar-refractivity contribution in [1.29, 1.82) is 0 Å². The summed E-state index contributed by atoms with van der Waals surface area (Å²) in [6, 6.07) is 9.38. The molecule has 0 saturated carbocycles. The van der Waals surface area contributed by atoms with Gasteiger partial charge in [-0.25, -0.2) is 13.2 Å². The average Bonchev–Trinajstić information content (AvgIpc) is 3.18. The second kappa shape index (κ2) is 8.75. The lowest BCUT2D eigenvalue weighted by Gasteiger charge is -2.35. The monoisotopic (exact) mass is 416 g/mol. The van der Waals surface area contributed by atoms with Crippen LogP contribution in [-0.2, 0) is 14.8 Å². The Hall–Kier alpha value is -2.07. The number of esters is 1. The lowest BCUT2D eigenvalue weighted by molar-refractivity contribution is 0.0558. The predicted molar refractivity (Wildman–Crippen MR) is 99.8 cm³/mol. The molecule has 1 unspecified atom stereocenters. The second-order valence-electron chi connectivity index (χ2n) is 5.69. The predicted octanol–water partition coefficient (Wildman–Crippen LogP) is 1.83. The van der Waals surface area contributed by atoms with E-state index in [9.17, 15) is 13.2 Å². The molecule has 1 aromatic heterocycles. The summed E-state index contributed by atoms with van der Waals surface area (Å²) in [5.41, 5.74) is 0.755. The van der Waals surface area contributed by atoms with Crippen LogP contribution >= 0.6 is 12.4 Å². The van der Waals surface area contributed by atoms with Gasteiger partial charge in [-0.15, -0.1) is 12.4 Å².